The maximum atomic E-state index is 13.9. The molecule has 0 saturated heterocycles. The van der Waals surface area contributed by atoms with Gasteiger partial charge in [-0.15, -0.1) is 0 Å². The minimum atomic E-state index is -4.48. The molecule has 0 bridgehead atoms. The lowest BCUT2D eigenvalue weighted by Gasteiger charge is -2.25. The van der Waals surface area contributed by atoms with Crippen LogP contribution in [0.2, 0.25) is 0 Å². The topological polar surface area (TPSA) is 85.8 Å². The molecule has 3 rings (SSSR count). The molecule has 2 N–H and O–H groups in total. The van der Waals surface area contributed by atoms with Crippen LogP contribution in [0.4, 0.5) is 23.2 Å². The number of nitrogens with zero attached hydrogens (tertiary/aromatic N) is 1. The highest BCUT2D eigenvalue weighted by Crippen LogP contribution is 2.44. The van der Waals surface area contributed by atoms with E-state index in [-0.39, 0.29) is 46.7 Å². The summed E-state index contributed by atoms with van der Waals surface area (Å²) in [5.41, 5.74) is -0.468. The van der Waals surface area contributed by atoms with Gasteiger partial charge >= 0.3 is 6.18 Å². The fraction of sp³-hybridized carbons (Fsp3) is 0.312. The average Bonchev–Trinajstić information content (AvgIpc) is 3.00. The number of fused-ring (bicyclic) bond motifs is 1. The molecule has 1 atom stereocenters. The largest absolute Gasteiger partial charge is 0.397 e. The van der Waals surface area contributed by atoms with Crippen LogP contribution < -0.4 is 4.72 Å². The number of benzene rings is 1. The van der Waals surface area contributed by atoms with Gasteiger partial charge in [0, 0.05) is 11.9 Å². The van der Waals surface area contributed by atoms with Crippen molar-refractivity contribution in [1.82, 2.24) is 4.98 Å². The molecule has 1 unspecified atom stereocenters. The lowest BCUT2D eigenvalue weighted by Crippen LogP contribution is -2.25. The van der Waals surface area contributed by atoms with Crippen LogP contribution in [0.1, 0.15) is 35.6 Å². The summed E-state index contributed by atoms with van der Waals surface area (Å²) in [5.74, 6) is -2.70. The zero-order chi connectivity index (χ0) is 19.1. The van der Waals surface area contributed by atoms with Gasteiger partial charge in [-0.25, -0.2) is 12.8 Å². The molecule has 0 aliphatic heterocycles. The van der Waals surface area contributed by atoms with Crippen LogP contribution in [0, 0.1) is 17.1 Å². The zero-order valence-corrected chi connectivity index (χ0v) is 14.0. The highest BCUT2D eigenvalue weighted by Gasteiger charge is 2.45. The number of aromatic nitrogens is 1. The predicted molar refractivity (Wildman–Crippen MR) is 84.5 cm³/mol. The van der Waals surface area contributed by atoms with E-state index in [1.165, 1.54) is 6.07 Å². The number of rotatable bonds is 3. The second-order valence-corrected chi connectivity index (χ2v) is 7.59. The van der Waals surface area contributed by atoms with Crippen molar-refractivity contribution in [3.05, 3.63) is 47.0 Å². The molecule has 5 nitrogen and oxygen atoms in total. The van der Waals surface area contributed by atoms with Crippen molar-refractivity contribution in [3.8, 4) is 6.07 Å². The number of H-pyrrole nitrogens is 1. The molecule has 1 heterocycles. The first-order valence-electron chi connectivity index (χ1n) is 7.63. The molecule has 1 aliphatic carbocycles. The highest BCUT2D eigenvalue weighted by atomic mass is 32.2. The van der Waals surface area contributed by atoms with Crippen LogP contribution in [-0.4, -0.2) is 19.6 Å². The van der Waals surface area contributed by atoms with Crippen LogP contribution in [0.25, 0.3) is 0 Å². The summed E-state index contributed by atoms with van der Waals surface area (Å²) in [7, 11) is -4.29. The molecule has 1 aromatic carbocycles. The Hall–Kier alpha value is -2.54. The molecule has 1 aromatic heterocycles. The van der Waals surface area contributed by atoms with Crippen molar-refractivity contribution in [3.63, 3.8) is 0 Å². The van der Waals surface area contributed by atoms with E-state index < -0.39 is 27.9 Å². The smallest absolute Gasteiger partial charge is 0.363 e. The van der Waals surface area contributed by atoms with Crippen molar-refractivity contribution in [2.24, 2.45) is 0 Å². The Morgan fingerprint density at radius 1 is 1.31 bits per heavy atom. The summed E-state index contributed by atoms with van der Waals surface area (Å²) in [5, 5.41) is 8.71. The lowest BCUT2D eigenvalue weighted by atomic mass is 9.87. The summed E-state index contributed by atoms with van der Waals surface area (Å²) < 4.78 is 80.5. The third-order valence-corrected chi connectivity index (χ3v) is 5.71. The first-order chi connectivity index (χ1) is 12.1. The monoisotopic (exact) mass is 387 g/mol. The number of alkyl halides is 3. The molecule has 2 aromatic rings. The maximum Gasteiger partial charge on any atom is 0.397 e. The number of nitriles is 1. The van der Waals surface area contributed by atoms with E-state index in [0.29, 0.717) is 0 Å². The number of aromatic amines is 1. The van der Waals surface area contributed by atoms with E-state index in [2.05, 4.69) is 4.98 Å². The fourth-order valence-electron chi connectivity index (χ4n) is 3.08. The minimum Gasteiger partial charge on any atom is -0.363 e. The van der Waals surface area contributed by atoms with Gasteiger partial charge in [0.15, 0.2) is 0 Å². The quantitative estimate of drug-likeness (QED) is 0.786. The number of hydrogen-bond donors (Lipinski definition) is 2. The van der Waals surface area contributed by atoms with Crippen molar-refractivity contribution in [1.29, 1.82) is 5.26 Å². The number of anilines is 1. The Kier molecular flexibility index (Phi) is 4.44. The molecule has 0 radical (unpaired) electrons. The van der Waals surface area contributed by atoms with Crippen LogP contribution >= 0.6 is 0 Å². The van der Waals surface area contributed by atoms with Gasteiger partial charge in [-0.05, 0) is 43.0 Å². The van der Waals surface area contributed by atoms with E-state index in [9.17, 15) is 26.0 Å². The van der Waals surface area contributed by atoms with Crippen LogP contribution in [0.5, 0.6) is 0 Å². The summed E-state index contributed by atoms with van der Waals surface area (Å²) >= 11 is 0. The molecule has 0 fully saturated rings. The average molecular weight is 387 g/mol. The predicted octanol–water partition coefficient (Wildman–Crippen LogP) is 3.81. The van der Waals surface area contributed by atoms with E-state index in [0.717, 1.165) is 18.3 Å². The van der Waals surface area contributed by atoms with Gasteiger partial charge in [0.2, 0.25) is 0 Å². The summed E-state index contributed by atoms with van der Waals surface area (Å²) in [6.07, 6.45) is -3.22. The van der Waals surface area contributed by atoms with Crippen molar-refractivity contribution < 1.29 is 26.0 Å². The van der Waals surface area contributed by atoms with Crippen molar-refractivity contribution >= 4 is 15.7 Å². The van der Waals surface area contributed by atoms with E-state index in [1.807, 2.05) is 4.72 Å². The SMILES string of the molecule is N#Cc1ccc(NS(=O)(=O)c2c[nH]c3c2CCCC3C(F)(F)F)c(F)c1. The van der Waals surface area contributed by atoms with Gasteiger partial charge in [-0.3, -0.25) is 4.72 Å². The van der Waals surface area contributed by atoms with Crippen LogP contribution in [-0.2, 0) is 16.4 Å². The third kappa shape index (κ3) is 3.26. The molecule has 0 spiro atoms. The lowest BCUT2D eigenvalue weighted by molar-refractivity contribution is -0.154. The second-order valence-electron chi connectivity index (χ2n) is 5.94. The Bertz CT molecular complexity index is 990. The fourth-order valence-corrected chi connectivity index (χ4v) is 4.40. The molecule has 1 aliphatic rings. The number of hydrogen-bond acceptors (Lipinski definition) is 3. The standard InChI is InChI=1S/C16H13F4N3O2S/c17-12-6-9(7-21)4-5-13(12)23-26(24,25)14-8-22-15-10(14)2-1-3-11(15)16(18,19)20/h4-6,8,11,22-23H,1-3H2. The molecular weight excluding hydrogens is 374 g/mol. The summed E-state index contributed by atoms with van der Waals surface area (Å²) in [6, 6.07) is 4.90. The molecule has 0 saturated carbocycles. The Labute approximate surface area is 146 Å². The number of halogens is 4. The third-order valence-electron chi connectivity index (χ3n) is 4.28. The molecule has 0 amide bonds. The Balaban J connectivity index is 1.97. The van der Waals surface area contributed by atoms with E-state index in [4.69, 9.17) is 5.26 Å². The van der Waals surface area contributed by atoms with Gasteiger partial charge in [-0.2, -0.15) is 18.4 Å². The van der Waals surface area contributed by atoms with Gasteiger partial charge in [-0.1, -0.05) is 0 Å². The molecule has 26 heavy (non-hydrogen) atoms. The van der Waals surface area contributed by atoms with E-state index >= 15 is 0 Å². The van der Waals surface area contributed by atoms with Gasteiger partial charge in [0.25, 0.3) is 10.0 Å². The second kappa shape index (κ2) is 6.32. The Morgan fingerprint density at radius 3 is 2.65 bits per heavy atom. The first-order valence-corrected chi connectivity index (χ1v) is 9.11. The maximum absolute atomic E-state index is 13.9. The minimum absolute atomic E-state index is 0.0116. The number of sulfonamides is 1. The van der Waals surface area contributed by atoms with Gasteiger partial charge in [0.1, 0.15) is 10.7 Å². The highest BCUT2D eigenvalue weighted by molar-refractivity contribution is 7.92. The summed E-state index contributed by atoms with van der Waals surface area (Å²) in [6.45, 7) is 0. The van der Waals surface area contributed by atoms with Crippen LogP contribution in [0.3, 0.4) is 0 Å². The number of nitrogens with one attached hydrogen (secondary N) is 2. The molecule has 138 valence electrons. The first kappa shape index (κ1) is 18.3. The van der Waals surface area contributed by atoms with Gasteiger partial charge in [0.05, 0.1) is 23.2 Å². The Morgan fingerprint density at radius 2 is 2.04 bits per heavy atom. The molecule has 10 heteroatoms. The van der Waals surface area contributed by atoms with Gasteiger partial charge < -0.3 is 4.98 Å². The zero-order valence-electron chi connectivity index (χ0n) is 13.2. The normalized spacial score (nSPS) is 17.4. The summed E-state index contributed by atoms with van der Waals surface area (Å²) in [4.78, 5) is 2.10. The van der Waals surface area contributed by atoms with Crippen molar-refractivity contribution in [2.75, 3.05) is 4.72 Å². The van der Waals surface area contributed by atoms with Crippen molar-refractivity contribution in [2.45, 2.75) is 36.3 Å². The van der Waals surface area contributed by atoms with E-state index in [1.54, 1.807) is 6.07 Å². The van der Waals surface area contributed by atoms with Crippen LogP contribution in [0.15, 0.2) is 29.3 Å². The molecular formula is C16H13F4N3O2S.